The number of halogens is 3. The van der Waals surface area contributed by atoms with Gasteiger partial charge in [0.15, 0.2) is 0 Å². The van der Waals surface area contributed by atoms with Gasteiger partial charge < -0.3 is 5.32 Å². The van der Waals surface area contributed by atoms with Gasteiger partial charge in [0.05, 0.1) is 16.8 Å². The summed E-state index contributed by atoms with van der Waals surface area (Å²) in [6.07, 6.45) is -4.58. The molecule has 0 aromatic heterocycles. The number of nitrogens with one attached hydrogen (secondary N) is 1. The molecule has 0 saturated heterocycles. The highest BCUT2D eigenvalue weighted by atomic mass is 19.4. The monoisotopic (exact) mass is 231 g/mol. The molecule has 86 valence electrons. The molecule has 1 N–H and O–H groups in total. The molecule has 1 heterocycles. The topological polar surface area (TPSA) is 46.2 Å². The van der Waals surface area contributed by atoms with Crippen LogP contribution < -0.4 is 5.32 Å². The molecule has 0 fully saturated rings. The van der Waals surface area contributed by atoms with Gasteiger partial charge in [0.25, 0.3) is 11.7 Å². The molecule has 0 spiro atoms. The molecular weight excluding hydrogens is 223 g/mol. The molecule has 1 aromatic carbocycles. The van der Waals surface area contributed by atoms with Crippen LogP contribution >= 0.6 is 0 Å². The summed E-state index contributed by atoms with van der Waals surface area (Å²) >= 11 is 0. The lowest BCUT2D eigenvalue weighted by atomic mass is 10.1. The van der Waals surface area contributed by atoms with Crippen LogP contribution in [-0.4, -0.2) is 11.7 Å². The molecule has 0 radical (unpaired) electrons. The highest BCUT2D eigenvalue weighted by Gasteiger charge is 2.39. The lowest BCUT2D eigenvalue weighted by Gasteiger charge is -2.10. The number of amides is 1. The number of rotatable bonds is 0. The van der Waals surface area contributed by atoms with E-state index >= 15 is 0 Å². The number of hydrogen-bond acceptors (Lipinski definition) is 2. The van der Waals surface area contributed by atoms with Crippen LogP contribution in [0.5, 0.6) is 0 Å². The van der Waals surface area contributed by atoms with E-state index in [0.717, 1.165) is 12.1 Å². The Bertz CT molecular complexity index is 466. The SMILES string of the molecule is C.O=C1Nc2c(cccc2C(F)(F)F)C1=O. The molecule has 0 unspecified atom stereocenters. The third-order valence-electron chi connectivity index (χ3n) is 2.06. The summed E-state index contributed by atoms with van der Waals surface area (Å²) in [5.41, 5.74) is -1.67. The summed E-state index contributed by atoms with van der Waals surface area (Å²) in [5.74, 6) is -1.96. The van der Waals surface area contributed by atoms with Gasteiger partial charge in [0, 0.05) is 0 Å². The van der Waals surface area contributed by atoms with Crippen LogP contribution in [0.25, 0.3) is 0 Å². The van der Waals surface area contributed by atoms with Gasteiger partial charge in [0.1, 0.15) is 0 Å². The average molecular weight is 231 g/mol. The number of carbonyl (C=O) groups is 2. The quantitative estimate of drug-likeness (QED) is 0.697. The van der Waals surface area contributed by atoms with Crippen molar-refractivity contribution < 1.29 is 22.8 Å². The summed E-state index contributed by atoms with van der Waals surface area (Å²) in [5, 5.41) is 1.91. The number of carbonyl (C=O) groups excluding carboxylic acids is 2. The minimum absolute atomic E-state index is 0. The summed E-state index contributed by atoms with van der Waals surface area (Å²) in [4.78, 5) is 22.0. The third-order valence-corrected chi connectivity index (χ3v) is 2.06. The molecule has 0 saturated carbocycles. The maximum atomic E-state index is 12.4. The Hall–Kier alpha value is -1.85. The zero-order valence-corrected chi connectivity index (χ0v) is 7.18. The van der Waals surface area contributed by atoms with Crippen molar-refractivity contribution in [1.29, 1.82) is 0 Å². The number of fused-ring (bicyclic) bond motifs is 1. The minimum atomic E-state index is -4.58. The van der Waals surface area contributed by atoms with Gasteiger partial charge in [-0.05, 0) is 12.1 Å². The Morgan fingerprint density at radius 2 is 1.75 bits per heavy atom. The third kappa shape index (κ3) is 1.66. The summed E-state index contributed by atoms with van der Waals surface area (Å²) in [6, 6.07) is 3.10. The van der Waals surface area contributed by atoms with Crippen LogP contribution in [0, 0.1) is 0 Å². The van der Waals surface area contributed by atoms with E-state index in [2.05, 4.69) is 0 Å². The second-order valence-electron chi connectivity index (χ2n) is 3.01. The Morgan fingerprint density at radius 3 is 2.31 bits per heavy atom. The standard InChI is InChI=1S/C9H4F3NO2.CH4/c10-9(11,12)5-3-1-2-4-6(5)13-8(15)7(4)14;/h1-3H,(H,13,14,15);1H4. The molecule has 0 bridgehead atoms. The van der Waals surface area contributed by atoms with Gasteiger partial charge in [-0.25, -0.2) is 0 Å². The molecular formula is C10H8F3NO2. The number of alkyl halides is 3. The van der Waals surface area contributed by atoms with Crippen molar-refractivity contribution in [2.75, 3.05) is 5.32 Å². The second-order valence-corrected chi connectivity index (χ2v) is 3.01. The average Bonchev–Trinajstić information content (AvgIpc) is 2.41. The van der Waals surface area contributed by atoms with E-state index in [1.54, 1.807) is 0 Å². The van der Waals surface area contributed by atoms with E-state index in [0.29, 0.717) is 0 Å². The Balaban J connectivity index is 0.00000128. The first-order valence-corrected chi connectivity index (χ1v) is 3.97. The van der Waals surface area contributed by atoms with Gasteiger partial charge in [-0.1, -0.05) is 13.5 Å². The zero-order chi connectivity index (χ0) is 11.2. The van der Waals surface area contributed by atoms with Crippen molar-refractivity contribution >= 4 is 17.4 Å². The van der Waals surface area contributed by atoms with Crippen LogP contribution in [0.15, 0.2) is 18.2 Å². The van der Waals surface area contributed by atoms with Crippen molar-refractivity contribution in [3.63, 3.8) is 0 Å². The Labute approximate surface area is 89.3 Å². The molecule has 2 rings (SSSR count). The fraction of sp³-hybridized carbons (Fsp3) is 0.200. The fourth-order valence-electron chi connectivity index (χ4n) is 1.41. The summed E-state index contributed by atoms with van der Waals surface area (Å²) in [7, 11) is 0. The largest absolute Gasteiger partial charge is 0.418 e. The van der Waals surface area contributed by atoms with Gasteiger partial charge >= 0.3 is 6.18 Å². The maximum absolute atomic E-state index is 12.4. The van der Waals surface area contributed by atoms with Crippen molar-refractivity contribution in [2.45, 2.75) is 13.6 Å². The van der Waals surface area contributed by atoms with Crippen LogP contribution in [-0.2, 0) is 11.0 Å². The number of anilines is 1. The van der Waals surface area contributed by atoms with Crippen molar-refractivity contribution in [3.05, 3.63) is 29.3 Å². The molecule has 3 nitrogen and oxygen atoms in total. The summed E-state index contributed by atoms with van der Waals surface area (Å²) < 4.78 is 37.3. The predicted molar refractivity (Wildman–Crippen MR) is 51.1 cm³/mol. The van der Waals surface area contributed by atoms with Crippen LogP contribution in [0.2, 0.25) is 0 Å². The maximum Gasteiger partial charge on any atom is 0.418 e. The van der Waals surface area contributed by atoms with E-state index in [1.165, 1.54) is 6.07 Å². The molecule has 0 atom stereocenters. The van der Waals surface area contributed by atoms with Gasteiger partial charge in [-0.2, -0.15) is 13.2 Å². The lowest BCUT2D eigenvalue weighted by Crippen LogP contribution is -2.13. The van der Waals surface area contributed by atoms with E-state index < -0.39 is 29.1 Å². The number of Topliss-reactive ketones (excluding diaryl/α,β-unsaturated/α-hetero) is 1. The number of ketones is 1. The van der Waals surface area contributed by atoms with Crippen molar-refractivity contribution in [1.82, 2.24) is 0 Å². The zero-order valence-electron chi connectivity index (χ0n) is 7.18. The molecule has 0 aliphatic carbocycles. The molecule has 16 heavy (non-hydrogen) atoms. The van der Waals surface area contributed by atoms with Crippen LogP contribution in [0.4, 0.5) is 18.9 Å². The smallest absolute Gasteiger partial charge is 0.318 e. The van der Waals surface area contributed by atoms with Crippen LogP contribution in [0.3, 0.4) is 0 Å². The van der Waals surface area contributed by atoms with E-state index in [1.807, 2.05) is 5.32 Å². The molecule has 1 amide bonds. The minimum Gasteiger partial charge on any atom is -0.318 e. The molecule has 6 heteroatoms. The highest BCUT2D eigenvalue weighted by molar-refractivity contribution is 6.51. The first-order chi connectivity index (χ1) is 6.91. The number of hydrogen-bond donors (Lipinski definition) is 1. The van der Waals surface area contributed by atoms with Gasteiger partial charge in [0.2, 0.25) is 0 Å². The first-order valence-electron chi connectivity index (χ1n) is 3.97. The Kier molecular flexibility index (Phi) is 2.77. The van der Waals surface area contributed by atoms with Crippen molar-refractivity contribution in [3.8, 4) is 0 Å². The second kappa shape index (κ2) is 3.62. The molecule has 1 aliphatic rings. The molecule has 1 aliphatic heterocycles. The first kappa shape index (κ1) is 12.2. The predicted octanol–water partition coefficient (Wildman–Crippen LogP) is 2.48. The number of para-hydroxylation sites is 1. The van der Waals surface area contributed by atoms with Gasteiger partial charge in [-0.15, -0.1) is 0 Å². The van der Waals surface area contributed by atoms with E-state index in [4.69, 9.17) is 0 Å². The highest BCUT2D eigenvalue weighted by Crippen LogP contribution is 2.38. The lowest BCUT2D eigenvalue weighted by molar-refractivity contribution is -0.136. The van der Waals surface area contributed by atoms with E-state index in [9.17, 15) is 22.8 Å². The Morgan fingerprint density at radius 1 is 1.12 bits per heavy atom. The van der Waals surface area contributed by atoms with Crippen molar-refractivity contribution in [2.24, 2.45) is 0 Å². The van der Waals surface area contributed by atoms with E-state index in [-0.39, 0.29) is 13.0 Å². The number of benzene rings is 1. The normalized spacial score (nSPS) is 14.2. The van der Waals surface area contributed by atoms with Crippen LogP contribution in [0.1, 0.15) is 23.3 Å². The molecule has 1 aromatic rings. The fourth-order valence-corrected chi connectivity index (χ4v) is 1.41. The summed E-state index contributed by atoms with van der Waals surface area (Å²) in [6.45, 7) is 0. The van der Waals surface area contributed by atoms with Gasteiger partial charge in [-0.3, -0.25) is 9.59 Å².